The summed E-state index contributed by atoms with van der Waals surface area (Å²) in [7, 11) is 0. The van der Waals surface area contributed by atoms with Gasteiger partial charge in [-0.15, -0.1) is 11.3 Å². The molecule has 1 unspecified atom stereocenters. The molecule has 196 valence electrons. The van der Waals surface area contributed by atoms with E-state index < -0.39 is 0 Å². The highest BCUT2D eigenvalue weighted by molar-refractivity contribution is 7.18. The summed E-state index contributed by atoms with van der Waals surface area (Å²) in [6, 6.07) is 24.2. The quantitative estimate of drug-likeness (QED) is 0.266. The normalized spacial score (nSPS) is 16.2. The molecule has 2 aliphatic carbocycles. The first kappa shape index (κ1) is 27.6. The van der Waals surface area contributed by atoms with Crippen LogP contribution in [0.2, 0.25) is 0 Å². The van der Waals surface area contributed by atoms with Gasteiger partial charge in [0.2, 0.25) is 0 Å². The van der Waals surface area contributed by atoms with E-state index in [0.29, 0.717) is 11.8 Å². The zero-order valence-corrected chi connectivity index (χ0v) is 24.6. The van der Waals surface area contributed by atoms with Crippen molar-refractivity contribution in [2.75, 3.05) is 0 Å². The molecule has 0 aliphatic heterocycles. The largest absolute Gasteiger partial charge is 0.241 e. The molecule has 4 aromatic rings. The molecular formula is C35H45NS. The van der Waals surface area contributed by atoms with Crippen molar-refractivity contribution in [3.05, 3.63) is 99.6 Å². The minimum Gasteiger partial charge on any atom is -0.241 e. The molecule has 0 saturated heterocycles. The van der Waals surface area contributed by atoms with E-state index in [-0.39, 0.29) is 0 Å². The lowest BCUT2D eigenvalue weighted by Gasteiger charge is -2.17. The molecular weight excluding hydrogens is 466 g/mol. The zero-order chi connectivity index (χ0) is 26.4. The molecule has 2 heteroatoms. The van der Waals surface area contributed by atoms with Crippen molar-refractivity contribution in [2.45, 2.75) is 97.8 Å². The fourth-order valence-corrected chi connectivity index (χ4v) is 6.50. The highest BCUT2D eigenvalue weighted by Gasteiger charge is 2.23. The maximum atomic E-state index is 4.53. The summed E-state index contributed by atoms with van der Waals surface area (Å²) in [6.07, 6.45) is 8.02. The third-order valence-electron chi connectivity index (χ3n) is 7.83. The van der Waals surface area contributed by atoms with Crippen molar-refractivity contribution < 1.29 is 0 Å². The third-order valence-corrected chi connectivity index (χ3v) is 9.16. The molecule has 0 N–H and O–H groups in total. The average molecular weight is 512 g/mol. The summed E-state index contributed by atoms with van der Waals surface area (Å²) in [5.74, 6) is 2.84. The molecule has 2 aliphatic rings. The van der Waals surface area contributed by atoms with Crippen molar-refractivity contribution >= 4 is 21.6 Å². The second-order valence-electron chi connectivity index (χ2n) is 11.7. The lowest BCUT2D eigenvalue weighted by atomic mass is 9.88. The van der Waals surface area contributed by atoms with Crippen LogP contribution in [0.5, 0.6) is 0 Å². The lowest BCUT2D eigenvalue weighted by Crippen LogP contribution is -2.03. The maximum Gasteiger partial charge on any atom is 0.0963 e. The first-order valence-electron chi connectivity index (χ1n) is 14.4. The topological polar surface area (TPSA) is 12.9 Å². The van der Waals surface area contributed by atoms with Gasteiger partial charge in [0.1, 0.15) is 0 Å². The van der Waals surface area contributed by atoms with Gasteiger partial charge in [-0.3, -0.25) is 0 Å². The number of rotatable bonds is 3. The third kappa shape index (κ3) is 7.11. The molecule has 0 bridgehead atoms. The average Bonchev–Trinajstić information content (AvgIpc) is 3.54. The standard InChI is InChI=1S/C13H18.C12H16.C10H11NS/c1-10(2)12-8-7-11-5-3-4-6-13(11)9-12;1-9(2)11-8-7-10-5-3-4-6-12(10)11;1-7(2)10-11-8-5-3-4-6-9(8)12-10/h7-10H,3-6H2,1-2H3;3-6,9,11H,7-8H2,1-2H3;3-7H,1-2H3. The van der Waals surface area contributed by atoms with Crippen LogP contribution in [0.25, 0.3) is 10.2 Å². The van der Waals surface area contributed by atoms with Crippen molar-refractivity contribution in [3.8, 4) is 0 Å². The molecule has 1 heterocycles. The molecule has 0 fully saturated rings. The van der Waals surface area contributed by atoms with E-state index in [1.54, 1.807) is 33.6 Å². The second-order valence-corrected chi connectivity index (χ2v) is 12.7. The monoisotopic (exact) mass is 511 g/mol. The van der Waals surface area contributed by atoms with E-state index in [1.807, 2.05) is 6.07 Å². The Hall–Kier alpha value is -2.45. The van der Waals surface area contributed by atoms with Gasteiger partial charge in [0.05, 0.1) is 15.2 Å². The smallest absolute Gasteiger partial charge is 0.0963 e. The number of thiazole rings is 1. The number of para-hydroxylation sites is 1. The van der Waals surface area contributed by atoms with Gasteiger partial charge in [-0.05, 0) is 96.2 Å². The Morgan fingerprint density at radius 1 is 0.703 bits per heavy atom. The summed E-state index contributed by atoms with van der Waals surface area (Å²) in [5, 5.41) is 1.23. The van der Waals surface area contributed by atoms with Crippen LogP contribution in [0, 0.1) is 5.92 Å². The summed E-state index contributed by atoms with van der Waals surface area (Å²) in [4.78, 5) is 4.53. The summed E-state index contributed by atoms with van der Waals surface area (Å²) in [6.45, 7) is 13.5. The molecule has 0 amide bonds. The molecule has 0 radical (unpaired) electrons. The van der Waals surface area contributed by atoms with Crippen LogP contribution in [0.4, 0.5) is 0 Å². The van der Waals surface area contributed by atoms with Gasteiger partial charge < -0.3 is 0 Å². The molecule has 1 aromatic heterocycles. The molecule has 1 atom stereocenters. The van der Waals surface area contributed by atoms with Crippen LogP contribution in [0.3, 0.4) is 0 Å². The van der Waals surface area contributed by atoms with E-state index in [2.05, 4.69) is 107 Å². The fraction of sp³-hybridized carbons (Fsp3) is 0.457. The Morgan fingerprint density at radius 3 is 2.11 bits per heavy atom. The summed E-state index contributed by atoms with van der Waals surface area (Å²) in [5.41, 5.74) is 9.02. The van der Waals surface area contributed by atoms with E-state index in [0.717, 1.165) is 17.4 Å². The van der Waals surface area contributed by atoms with E-state index in [4.69, 9.17) is 0 Å². The number of nitrogens with zero attached hydrogens (tertiary/aromatic N) is 1. The summed E-state index contributed by atoms with van der Waals surface area (Å²) < 4.78 is 1.29. The SMILES string of the molecule is CC(C)C1CCc2ccccc21.CC(C)c1ccc2c(c1)CCCC2.CC(C)c1nc2ccccc2s1. The lowest BCUT2D eigenvalue weighted by molar-refractivity contribution is 0.496. The van der Waals surface area contributed by atoms with Crippen molar-refractivity contribution in [1.82, 2.24) is 4.98 Å². The van der Waals surface area contributed by atoms with E-state index in [1.165, 1.54) is 53.8 Å². The van der Waals surface area contributed by atoms with E-state index >= 15 is 0 Å². The molecule has 37 heavy (non-hydrogen) atoms. The van der Waals surface area contributed by atoms with Crippen molar-refractivity contribution in [1.29, 1.82) is 0 Å². The number of aryl methyl sites for hydroxylation is 3. The van der Waals surface area contributed by atoms with Crippen LogP contribution >= 0.6 is 11.3 Å². The Morgan fingerprint density at radius 2 is 1.41 bits per heavy atom. The van der Waals surface area contributed by atoms with Gasteiger partial charge in [-0.1, -0.05) is 96.1 Å². The summed E-state index contributed by atoms with van der Waals surface area (Å²) >= 11 is 1.79. The first-order chi connectivity index (χ1) is 17.8. The van der Waals surface area contributed by atoms with Crippen molar-refractivity contribution in [2.24, 2.45) is 5.92 Å². The van der Waals surface area contributed by atoms with Crippen LogP contribution in [0.15, 0.2) is 66.7 Å². The highest BCUT2D eigenvalue weighted by atomic mass is 32.1. The zero-order valence-electron chi connectivity index (χ0n) is 23.8. The van der Waals surface area contributed by atoms with Gasteiger partial charge >= 0.3 is 0 Å². The second kappa shape index (κ2) is 12.9. The molecule has 0 spiro atoms. The van der Waals surface area contributed by atoms with Gasteiger partial charge in [0, 0.05) is 5.92 Å². The van der Waals surface area contributed by atoms with Crippen LogP contribution in [-0.4, -0.2) is 4.98 Å². The van der Waals surface area contributed by atoms with Gasteiger partial charge in [-0.2, -0.15) is 0 Å². The van der Waals surface area contributed by atoms with Gasteiger partial charge in [-0.25, -0.2) is 4.98 Å². The molecule has 1 nitrogen and oxygen atoms in total. The van der Waals surface area contributed by atoms with Crippen LogP contribution in [0.1, 0.15) is 111 Å². The highest BCUT2D eigenvalue weighted by Crippen LogP contribution is 2.37. The number of hydrogen-bond donors (Lipinski definition) is 0. The molecule has 0 saturated carbocycles. The number of fused-ring (bicyclic) bond motifs is 3. The van der Waals surface area contributed by atoms with Crippen molar-refractivity contribution in [3.63, 3.8) is 0 Å². The Kier molecular flexibility index (Phi) is 9.60. The minimum atomic E-state index is 0.544. The fourth-order valence-electron chi connectivity index (χ4n) is 5.53. The van der Waals surface area contributed by atoms with Gasteiger partial charge in [0.15, 0.2) is 0 Å². The maximum absolute atomic E-state index is 4.53. The Labute approximate surface area is 229 Å². The van der Waals surface area contributed by atoms with Crippen LogP contribution < -0.4 is 0 Å². The molecule has 3 aromatic carbocycles. The Balaban J connectivity index is 0.000000130. The predicted molar refractivity (Wildman–Crippen MR) is 163 cm³/mol. The molecule has 6 rings (SSSR count). The number of benzene rings is 3. The Bertz CT molecular complexity index is 1250. The van der Waals surface area contributed by atoms with Crippen LogP contribution in [-0.2, 0) is 19.3 Å². The number of hydrogen-bond acceptors (Lipinski definition) is 2. The van der Waals surface area contributed by atoms with Gasteiger partial charge in [0.25, 0.3) is 0 Å². The number of aromatic nitrogens is 1. The minimum absolute atomic E-state index is 0.544. The predicted octanol–water partition coefficient (Wildman–Crippen LogP) is 10.5. The first-order valence-corrected chi connectivity index (χ1v) is 15.2. The van der Waals surface area contributed by atoms with E-state index in [9.17, 15) is 0 Å².